The zero-order chi connectivity index (χ0) is 21.8. The Morgan fingerprint density at radius 1 is 1.23 bits per heavy atom. The van der Waals surface area contributed by atoms with Crippen LogP contribution < -0.4 is 10.6 Å². The van der Waals surface area contributed by atoms with Gasteiger partial charge in [-0.2, -0.15) is 5.10 Å². The van der Waals surface area contributed by atoms with Crippen molar-refractivity contribution in [3.63, 3.8) is 0 Å². The summed E-state index contributed by atoms with van der Waals surface area (Å²) in [6.45, 7) is 0.444. The van der Waals surface area contributed by atoms with Crippen molar-refractivity contribution in [2.75, 3.05) is 6.54 Å². The highest BCUT2D eigenvalue weighted by molar-refractivity contribution is 5.92. The predicted molar refractivity (Wildman–Crippen MR) is 112 cm³/mol. The van der Waals surface area contributed by atoms with Crippen LogP contribution in [0.5, 0.6) is 0 Å². The summed E-state index contributed by atoms with van der Waals surface area (Å²) in [6.07, 6.45) is 4.43. The van der Waals surface area contributed by atoms with Crippen molar-refractivity contribution >= 4 is 17.9 Å². The number of nitrogens with one attached hydrogen (secondary N) is 3. The second-order valence-electron chi connectivity index (χ2n) is 8.20. The number of nitrogens with zero attached hydrogens (tertiary/aromatic N) is 2. The van der Waals surface area contributed by atoms with E-state index in [2.05, 4.69) is 20.8 Å². The Bertz CT molecular complexity index is 944. The van der Waals surface area contributed by atoms with Gasteiger partial charge in [0.1, 0.15) is 12.1 Å². The first-order valence-corrected chi connectivity index (χ1v) is 10.7. The number of likely N-dealkylation sites (tertiary alicyclic amines) is 1. The Labute approximate surface area is 180 Å². The number of H-pyrrole nitrogens is 1. The lowest BCUT2D eigenvalue weighted by Gasteiger charge is -2.30. The Balaban J connectivity index is 1.42. The van der Waals surface area contributed by atoms with E-state index in [1.807, 2.05) is 30.3 Å². The predicted octanol–water partition coefficient (Wildman–Crippen LogP) is 1.25. The average Bonchev–Trinajstić information content (AvgIpc) is 3.42. The third-order valence-corrected chi connectivity index (χ3v) is 6.08. The smallest absolute Gasteiger partial charge is 0.405 e. The Morgan fingerprint density at radius 3 is 2.81 bits per heavy atom. The third-order valence-electron chi connectivity index (χ3n) is 6.08. The number of aryl methyl sites for hydroxylation is 1. The molecular formula is C22H27N5O4. The standard InChI is InChI=1S/C22H27N5O4/c28-20(24-16-8-9-17-15(12-16)13-23-26-17)19-7-4-10-27(19)21(29)18(25-22(30)31)11-14-5-2-1-3-6-14/h1-3,5-6,13,16,18-19,25H,4,7-12H2,(H,23,26)(H,24,28)(H,30,31)/t16?,18-,19+/m1/s1. The van der Waals surface area contributed by atoms with Gasteiger partial charge < -0.3 is 20.6 Å². The maximum absolute atomic E-state index is 13.2. The summed E-state index contributed by atoms with van der Waals surface area (Å²) in [4.78, 5) is 39.1. The van der Waals surface area contributed by atoms with Crippen molar-refractivity contribution in [3.8, 4) is 0 Å². The maximum Gasteiger partial charge on any atom is 0.405 e. The minimum atomic E-state index is -1.26. The molecule has 31 heavy (non-hydrogen) atoms. The van der Waals surface area contributed by atoms with E-state index in [1.54, 1.807) is 6.20 Å². The molecular weight excluding hydrogens is 398 g/mol. The van der Waals surface area contributed by atoms with Crippen LogP contribution in [0.3, 0.4) is 0 Å². The minimum absolute atomic E-state index is 0.00686. The molecule has 1 aromatic heterocycles. The monoisotopic (exact) mass is 425 g/mol. The van der Waals surface area contributed by atoms with Gasteiger partial charge in [-0.3, -0.25) is 14.7 Å². The van der Waals surface area contributed by atoms with Crippen LogP contribution in [-0.2, 0) is 28.9 Å². The van der Waals surface area contributed by atoms with Gasteiger partial charge in [-0.25, -0.2) is 4.79 Å². The highest BCUT2D eigenvalue weighted by Crippen LogP contribution is 2.22. The highest BCUT2D eigenvalue weighted by atomic mass is 16.4. The molecule has 0 saturated carbocycles. The molecule has 3 atom stereocenters. The molecule has 2 aliphatic rings. The van der Waals surface area contributed by atoms with Crippen molar-refractivity contribution in [1.29, 1.82) is 0 Å². The van der Waals surface area contributed by atoms with Crippen LogP contribution in [0.2, 0.25) is 0 Å². The van der Waals surface area contributed by atoms with Gasteiger partial charge in [0.2, 0.25) is 11.8 Å². The fraction of sp³-hybridized carbons (Fsp3) is 0.455. The van der Waals surface area contributed by atoms with Crippen LogP contribution in [0.15, 0.2) is 36.5 Å². The second-order valence-corrected chi connectivity index (χ2v) is 8.20. The van der Waals surface area contributed by atoms with Gasteiger partial charge in [-0.05, 0) is 43.2 Å². The molecule has 0 bridgehead atoms. The molecule has 9 nitrogen and oxygen atoms in total. The number of benzene rings is 1. The summed E-state index contributed by atoms with van der Waals surface area (Å²) < 4.78 is 0. The number of rotatable bonds is 6. The first kappa shape index (κ1) is 20.9. The molecule has 2 heterocycles. The van der Waals surface area contributed by atoms with Crippen LogP contribution in [0.25, 0.3) is 0 Å². The van der Waals surface area contributed by atoms with Gasteiger partial charge in [0.25, 0.3) is 0 Å². The first-order valence-electron chi connectivity index (χ1n) is 10.7. The van der Waals surface area contributed by atoms with E-state index in [0.29, 0.717) is 19.4 Å². The lowest BCUT2D eigenvalue weighted by Crippen LogP contribution is -2.55. The molecule has 2 aromatic rings. The normalized spacial score (nSPS) is 21.2. The molecule has 3 amide bonds. The number of carboxylic acid groups (broad SMARTS) is 1. The number of hydrogen-bond acceptors (Lipinski definition) is 4. The van der Waals surface area contributed by atoms with E-state index in [1.165, 1.54) is 4.90 Å². The number of fused-ring (bicyclic) bond motifs is 1. The number of amides is 3. The Morgan fingerprint density at radius 2 is 2.03 bits per heavy atom. The summed E-state index contributed by atoms with van der Waals surface area (Å²) in [5.41, 5.74) is 3.09. The summed E-state index contributed by atoms with van der Waals surface area (Å²) in [5, 5.41) is 21.7. The minimum Gasteiger partial charge on any atom is -0.465 e. The Hall–Kier alpha value is -3.36. The molecule has 1 saturated heterocycles. The summed E-state index contributed by atoms with van der Waals surface area (Å²) >= 11 is 0. The topological polar surface area (TPSA) is 127 Å². The molecule has 1 aromatic carbocycles. The lowest BCUT2D eigenvalue weighted by atomic mass is 9.93. The molecule has 9 heteroatoms. The van der Waals surface area contributed by atoms with Gasteiger partial charge in [0, 0.05) is 24.7 Å². The van der Waals surface area contributed by atoms with Crippen molar-refractivity contribution in [3.05, 3.63) is 53.3 Å². The van der Waals surface area contributed by atoms with Crippen molar-refractivity contribution in [2.45, 2.75) is 56.7 Å². The van der Waals surface area contributed by atoms with E-state index < -0.39 is 18.2 Å². The number of hydrogen-bond donors (Lipinski definition) is 4. The van der Waals surface area contributed by atoms with Gasteiger partial charge in [-0.15, -0.1) is 0 Å². The molecule has 0 radical (unpaired) electrons. The molecule has 4 rings (SSSR count). The fourth-order valence-electron chi connectivity index (χ4n) is 4.54. The number of carbonyl (C=O) groups excluding carboxylic acids is 2. The molecule has 1 aliphatic carbocycles. The van der Waals surface area contributed by atoms with E-state index in [-0.39, 0.29) is 24.3 Å². The first-order chi connectivity index (χ1) is 15.0. The van der Waals surface area contributed by atoms with Gasteiger partial charge in [0.05, 0.1) is 6.20 Å². The zero-order valence-electron chi connectivity index (χ0n) is 17.2. The lowest BCUT2D eigenvalue weighted by molar-refractivity contribution is -0.140. The van der Waals surface area contributed by atoms with Crippen LogP contribution in [0.1, 0.15) is 36.1 Å². The second kappa shape index (κ2) is 9.20. The van der Waals surface area contributed by atoms with Crippen LogP contribution in [0, 0.1) is 0 Å². The van der Waals surface area contributed by atoms with E-state index >= 15 is 0 Å². The number of aromatic amines is 1. The highest BCUT2D eigenvalue weighted by Gasteiger charge is 2.38. The van der Waals surface area contributed by atoms with E-state index in [0.717, 1.165) is 36.1 Å². The molecule has 4 N–H and O–H groups in total. The van der Waals surface area contributed by atoms with Crippen LogP contribution in [0.4, 0.5) is 4.79 Å². The summed E-state index contributed by atoms with van der Waals surface area (Å²) in [5.74, 6) is -0.527. The Kier molecular flexibility index (Phi) is 6.20. The SMILES string of the molecule is O=C(O)N[C@H](Cc1ccccc1)C(=O)N1CCC[C@H]1C(=O)NC1CCc2[nH]ncc2C1. The van der Waals surface area contributed by atoms with Gasteiger partial charge >= 0.3 is 6.09 Å². The van der Waals surface area contributed by atoms with Crippen molar-refractivity contribution in [1.82, 2.24) is 25.7 Å². The van der Waals surface area contributed by atoms with E-state index in [9.17, 15) is 19.5 Å². The largest absolute Gasteiger partial charge is 0.465 e. The van der Waals surface area contributed by atoms with Crippen molar-refractivity contribution < 1.29 is 19.5 Å². The zero-order valence-corrected chi connectivity index (χ0v) is 17.2. The van der Waals surface area contributed by atoms with Gasteiger partial charge in [0.15, 0.2) is 0 Å². The molecule has 1 fully saturated rings. The molecule has 164 valence electrons. The van der Waals surface area contributed by atoms with Crippen LogP contribution >= 0.6 is 0 Å². The summed E-state index contributed by atoms with van der Waals surface area (Å²) in [7, 11) is 0. The number of aromatic nitrogens is 2. The maximum atomic E-state index is 13.2. The van der Waals surface area contributed by atoms with Crippen molar-refractivity contribution in [2.24, 2.45) is 0 Å². The quantitative estimate of drug-likeness (QED) is 0.554. The average molecular weight is 425 g/mol. The number of carbonyl (C=O) groups is 3. The molecule has 0 spiro atoms. The summed E-state index contributed by atoms with van der Waals surface area (Å²) in [6, 6.07) is 7.76. The molecule has 1 unspecified atom stereocenters. The van der Waals surface area contributed by atoms with E-state index in [4.69, 9.17) is 0 Å². The fourth-order valence-corrected chi connectivity index (χ4v) is 4.54. The third kappa shape index (κ3) is 4.87. The van der Waals surface area contributed by atoms with Gasteiger partial charge in [-0.1, -0.05) is 30.3 Å². The van der Waals surface area contributed by atoms with Crippen LogP contribution in [-0.4, -0.2) is 62.8 Å². The molecule has 1 aliphatic heterocycles.